The molecule has 2 nitrogen and oxygen atoms in total. The third kappa shape index (κ3) is 4.19. The van der Waals surface area contributed by atoms with Gasteiger partial charge in [-0.1, -0.05) is 26.0 Å². The number of nitrogens with two attached hydrogens (primary N) is 1. The van der Waals surface area contributed by atoms with E-state index < -0.39 is 12.7 Å². The van der Waals surface area contributed by atoms with E-state index in [-0.39, 0.29) is 0 Å². The lowest BCUT2D eigenvalue weighted by atomic mass is 10.1. The minimum Gasteiger partial charge on any atom is -0.494 e. The van der Waals surface area contributed by atoms with Gasteiger partial charge in [-0.25, -0.2) is 4.39 Å². The number of benzene rings is 1. The normalized spacial score (nSPS) is 12.8. The van der Waals surface area contributed by atoms with Gasteiger partial charge >= 0.3 is 0 Å². The Morgan fingerprint density at radius 1 is 1.25 bits per heavy atom. The summed E-state index contributed by atoms with van der Waals surface area (Å²) in [5.41, 5.74) is 6.37. The highest BCUT2D eigenvalue weighted by Crippen LogP contribution is 2.17. The maximum Gasteiger partial charge on any atom is 0.119 e. The minimum atomic E-state index is -0.534. The highest BCUT2D eigenvalue weighted by atomic mass is 19.1. The van der Waals surface area contributed by atoms with Crippen molar-refractivity contribution in [3.63, 3.8) is 0 Å². The molecule has 0 saturated heterocycles. The summed E-state index contributed by atoms with van der Waals surface area (Å²) in [5.74, 6) is 1.45. The van der Waals surface area contributed by atoms with E-state index in [4.69, 9.17) is 10.5 Å². The van der Waals surface area contributed by atoms with Gasteiger partial charge in [-0.2, -0.15) is 0 Å². The van der Waals surface area contributed by atoms with Crippen molar-refractivity contribution < 1.29 is 9.13 Å². The largest absolute Gasteiger partial charge is 0.494 e. The molecular formula is C13H20FNO. The first-order valence-corrected chi connectivity index (χ1v) is 5.67. The molecule has 0 aliphatic heterocycles. The van der Waals surface area contributed by atoms with E-state index in [1.54, 1.807) is 0 Å². The Morgan fingerprint density at radius 3 is 2.38 bits per heavy atom. The number of hydrogen-bond donors (Lipinski definition) is 1. The van der Waals surface area contributed by atoms with E-state index in [9.17, 15) is 4.39 Å². The first kappa shape index (κ1) is 13.0. The quantitative estimate of drug-likeness (QED) is 0.807. The molecule has 1 unspecified atom stereocenters. The number of rotatable bonds is 6. The molecule has 0 aliphatic carbocycles. The Bertz CT molecular complexity index is 297. The number of ether oxygens (including phenoxy) is 1. The molecule has 0 fully saturated rings. The van der Waals surface area contributed by atoms with Crippen molar-refractivity contribution in [3.05, 3.63) is 29.8 Å². The fourth-order valence-corrected chi connectivity index (χ4v) is 1.31. The lowest BCUT2D eigenvalue weighted by Gasteiger charge is -2.10. The molecule has 2 N–H and O–H groups in total. The molecule has 1 rings (SSSR count). The van der Waals surface area contributed by atoms with E-state index in [0.717, 1.165) is 17.7 Å². The maximum atomic E-state index is 12.3. The lowest BCUT2D eigenvalue weighted by Crippen LogP contribution is -2.11. The molecule has 0 saturated carbocycles. The number of halogens is 1. The molecule has 0 amide bonds. The first-order chi connectivity index (χ1) is 7.63. The van der Waals surface area contributed by atoms with Crippen molar-refractivity contribution in [3.8, 4) is 5.75 Å². The zero-order valence-electron chi connectivity index (χ0n) is 9.95. The summed E-state index contributed by atoms with van der Waals surface area (Å²) >= 11 is 0. The van der Waals surface area contributed by atoms with Crippen LogP contribution in [-0.4, -0.2) is 13.3 Å². The Kier molecular flexibility index (Phi) is 5.26. The van der Waals surface area contributed by atoms with Crippen molar-refractivity contribution in [1.29, 1.82) is 0 Å². The summed E-state index contributed by atoms with van der Waals surface area (Å²) in [7, 11) is 0. The Morgan fingerprint density at radius 2 is 1.88 bits per heavy atom. The Hall–Kier alpha value is -1.09. The molecule has 0 bridgehead atoms. The molecule has 3 heteroatoms. The number of alkyl halides is 1. The SMILES string of the molecule is CC(C)CCOc1ccc(C(N)CF)cc1. The molecule has 0 heterocycles. The van der Waals surface area contributed by atoms with Crippen molar-refractivity contribution in [2.45, 2.75) is 26.3 Å². The Labute approximate surface area is 96.6 Å². The summed E-state index contributed by atoms with van der Waals surface area (Å²) < 4.78 is 17.9. The molecule has 0 aliphatic rings. The number of hydrogen-bond acceptors (Lipinski definition) is 2. The van der Waals surface area contributed by atoms with Crippen LogP contribution >= 0.6 is 0 Å². The van der Waals surface area contributed by atoms with Gasteiger partial charge in [-0.15, -0.1) is 0 Å². The van der Waals surface area contributed by atoms with Crippen LogP contribution in [0.3, 0.4) is 0 Å². The van der Waals surface area contributed by atoms with Gasteiger partial charge in [0.15, 0.2) is 0 Å². The second-order valence-corrected chi connectivity index (χ2v) is 4.36. The fourth-order valence-electron chi connectivity index (χ4n) is 1.31. The monoisotopic (exact) mass is 225 g/mol. The first-order valence-electron chi connectivity index (χ1n) is 5.67. The van der Waals surface area contributed by atoms with Gasteiger partial charge in [-0.05, 0) is 30.0 Å². The van der Waals surface area contributed by atoms with Crippen molar-refractivity contribution in [1.82, 2.24) is 0 Å². The average Bonchev–Trinajstić information content (AvgIpc) is 2.28. The molecule has 1 aromatic carbocycles. The van der Waals surface area contributed by atoms with E-state index in [1.165, 1.54) is 0 Å². The average molecular weight is 225 g/mol. The molecule has 0 spiro atoms. The van der Waals surface area contributed by atoms with Crippen LogP contribution in [0.15, 0.2) is 24.3 Å². The van der Waals surface area contributed by atoms with E-state index in [2.05, 4.69) is 13.8 Å². The van der Waals surface area contributed by atoms with Crippen LogP contribution in [0.2, 0.25) is 0 Å². The molecule has 1 aromatic rings. The summed E-state index contributed by atoms with van der Waals surface area (Å²) in [6.07, 6.45) is 1.03. The van der Waals surface area contributed by atoms with Crippen molar-refractivity contribution >= 4 is 0 Å². The van der Waals surface area contributed by atoms with Crippen LogP contribution in [0, 0.1) is 5.92 Å². The van der Waals surface area contributed by atoms with Crippen LogP contribution in [0.25, 0.3) is 0 Å². The minimum absolute atomic E-state index is 0.523. The van der Waals surface area contributed by atoms with Gasteiger partial charge in [0.1, 0.15) is 12.4 Å². The zero-order chi connectivity index (χ0) is 12.0. The molecule has 0 aromatic heterocycles. The fraction of sp³-hybridized carbons (Fsp3) is 0.538. The van der Waals surface area contributed by atoms with Gasteiger partial charge in [-0.3, -0.25) is 0 Å². The van der Waals surface area contributed by atoms with Crippen molar-refractivity contribution in [2.75, 3.05) is 13.3 Å². The van der Waals surface area contributed by atoms with Gasteiger partial charge in [0.05, 0.1) is 12.6 Å². The summed E-state index contributed by atoms with van der Waals surface area (Å²) in [6.45, 7) is 4.50. The summed E-state index contributed by atoms with van der Waals surface area (Å²) in [6, 6.07) is 6.78. The van der Waals surface area contributed by atoms with Crippen LogP contribution in [0.5, 0.6) is 5.75 Å². The summed E-state index contributed by atoms with van der Waals surface area (Å²) in [4.78, 5) is 0. The summed E-state index contributed by atoms with van der Waals surface area (Å²) in [5, 5.41) is 0. The topological polar surface area (TPSA) is 35.2 Å². The van der Waals surface area contributed by atoms with Crippen LogP contribution < -0.4 is 10.5 Å². The van der Waals surface area contributed by atoms with Gasteiger partial charge in [0.25, 0.3) is 0 Å². The second kappa shape index (κ2) is 6.48. The van der Waals surface area contributed by atoms with E-state index >= 15 is 0 Å². The molecule has 1 atom stereocenters. The van der Waals surface area contributed by atoms with Crippen LogP contribution in [-0.2, 0) is 0 Å². The predicted molar refractivity (Wildman–Crippen MR) is 64.3 cm³/mol. The second-order valence-electron chi connectivity index (χ2n) is 4.36. The van der Waals surface area contributed by atoms with Gasteiger partial charge in [0, 0.05) is 0 Å². The smallest absolute Gasteiger partial charge is 0.119 e. The van der Waals surface area contributed by atoms with Crippen molar-refractivity contribution in [2.24, 2.45) is 11.7 Å². The standard InChI is InChI=1S/C13H20FNO/c1-10(2)7-8-16-12-5-3-11(4-6-12)13(15)9-14/h3-6,10,13H,7-9,15H2,1-2H3. The van der Waals surface area contributed by atoms with Crippen LogP contribution in [0.1, 0.15) is 31.9 Å². The van der Waals surface area contributed by atoms with Gasteiger partial charge in [0.2, 0.25) is 0 Å². The zero-order valence-corrected chi connectivity index (χ0v) is 9.95. The molecule has 0 radical (unpaired) electrons. The highest BCUT2D eigenvalue weighted by Gasteiger charge is 2.04. The maximum absolute atomic E-state index is 12.3. The third-order valence-corrected chi connectivity index (χ3v) is 2.44. The third-order valence-electron chi connectivity index (χ3n) is 2.44. The Balaban J connectivity index is 2.45. The van der Waals surface area contributed by atoms with Crippen LogP contribution in [0.4, 0.5) is 4.39 Å². The van der Waals surface area contributed by atoms with E-state index in [0.29, 0.717) is 12.5 Å². The van der Waals surface area contributed by atoms with Gasteiger partial charge < -0.3 is 10.5 Å². The molecule has 16 heavy (non-hydrogen) atoms. The lowest BCUT2D eigenvalue weighted by molar-refractivity contribution is 0.289. The molecule has 90 valence electrons. The highest BCUT2D eigenvalue weighted by molar-refractivity contribution is 5.29. The molecular weight excluding hydrogens is 205 g/mol. The predicted octanol–water partition coefficient (Wildman–Crippen LogP) is 3.08. The van der Waals surface area contributed by atoms with E-state index in [1.807, 2.05) is 24.3 Å².